The summed E-state index contributed by atoms with van der Waals surface area (Å²) < 4.78 is 1.86. The van der Waals surface area contributed by atoms with E-state index >= 15 is 0 Å². The van der Waals surface area contributed by atoms with Crippen LogP contribution < -0.4 is 11.1 Å². The summed E-state index contributed by atoms with van der Waals surface area (Å²) in [5, 5.41) is 7.14. The lowest BCUT2D eigenvalue weighted by Crippen LogP contribution is -2.28. The highest BCUT2D eigenvalue weighted by Gasteiger charge is 2.26. The lowest BCUT2D eigenvalue weighted by molar-refractivity contribution is -0.117. The fraction of sp³-hybridized carbons (Fsp3) is 0.714. The minimum Gasteiger partial charge on any atom is -0.327 e. The molecular formula is C14H24N4O. The van der Waals surface area contributed by atoms with Crippen molar-refractivity contribution in [2.24, 2.45) is 17.6 Å². The number of carbonyl (C=O) groups is 1. The number of carbonyl (C=O) groups excluding carboxylic acids is 1. The van der Waals surface area contributed by atoms with Crippen molar-refractivity contribution >= 4 is 11.6 Å². The molecule has 0 unspecified atom stereocenters. The van der Waals surface area contributed by atoms with Crippen molar-refractivity contribution in [3.8, 4) is 0 Å². The zero-order chi connectivity index (χ0) is 13.8. The molecule has 106 valence electrons. The molecule has 0 radical (unpaired) electrons. The van der Waals surface area contributed by atoms with Gasteiger partial charge in [-0.15, -0.1) is 0 Å². The third-order valence-corrected chi connectivity index (χ3v) is 3.63. The molecule has 1 aromatic rings. The van der Waals surface area contributed by atoms with Gasteiger partial charge in [0.15, 0.2) is 0 Å². The number of nitrogens with zero attached hydrogens (tertiary/aromatic N) is 2. The Labute approximate surface area is 114 Å². The van der Waals surface area contributed by atoms with Gasteiger partial charge in [-0.1, -0.05) is 20.3 Å². The van der Waals surface area contributed by atoms with E-state index in [1.165, 1.54) is 0 Å². The maximum atomic E-state index is 11.9. The molecule has 1 heterocycles. The second kappa shape index (κ2) is 6.19. The van der Waals surface area contributed by atoms with Crippen LogP contribution in [0.1, 0.15) is 39.5 Å². The Kier molecular flexibility index (Phi) is 4.58. The van der Waals surface area contributed by atoms with Crippen LogP contribution in [0.4, 0.5) is 5.69 Å². The molecule has 1 amide bonds. The van der Waals surface area contributed by atoms with Crippen molar-refractivity contribution in [2.45, 2.75) is 52.1 Å². The molecule has 1 aromatic heterocycles. The van der Waals surface area contributed by atoms with Gasteiger partial charge in [0.1, 0.15) is 0 Å². The number of amides is 1. The number of hydrogen-bond donors (Lipinski definition) is 2. The third-order valence-electron chi connectivity index (χ3n) is 3.63. The molecule has 1 aliphatic carbocycles. The Morgan fingerprint density at radius 2 is 2.37 bits per heavy atom. The van der Waals surface area contributed by atoms with Gasteiger partial charge in [-0.2, -0.15) is 5.10 Å². The number of nitrogens with two attached hydrogens (primary N) is 1. The first-order chi connectivity index (χ1) is 9.04. The van der Waals surface area contributed by atoms with E-state index in [4.69, 9.17) is 5.73 Å². The lowest BCUT2D eigenvalue weighted by Gasteiger charge is -2.14. The standard InChI is InChI=1S/C14H24N4O/c1-10(2)8-18-9-12(7-16-18)17-14(19)6-11-4-3-5-13(11)15/h7,9-11,13H,3-6,8,15H2,1-2H3,(H,17,19)/t11-,13+/m0/s1. The number of hydrogen-bond acceptors (Lipinski definition) is 3. The predicted molar refractivity (Wildman–Crippen MR) is 75.6 cm³/mol. The van der Waals surface area contributed by atoms with Gasteiger partial charge in [0.2, 0.25) is 5.91 Å². The van der Waals surface area contributed by atoms with Gasteiger partial charge in [-0.25, -0.2) is 0 Å². The second-order valence-electron chi connectivity index (χ2n) is 5.95. The van der Waals surface area contributed by atoms with Gasteiger partial charge < -0.3 is 11.1 Å². The van der Waals surface area contributed by atoms with Crippen molar-refractivity contribution in [1.82, 2.24) is 9.78 Å². The van der Waals surface area contributed by atoms with Crippen LogP contribution in [0.3, 0.4) is 0 Å². The van der Waals surface area contributed by atoms with Crippen LogP contribution in [0, 0.1) is 11.8 Å². The normalized spacial score (nSPS) is 22.9. The van der Waals surface area contributed by atoms with E-state index in [1.807, 2.05) is 10.9 Å². The molecule has 0 spiro atoms. The van der Waals surface area contributed by atoms with Crippen molar-refractivity contribution in [2.75, 3.05) is 5.32 Å². The van der Waals surface area contributed by atoms with E-state index < -0.39 is 0 Å². The highest BCUT2D eigenvalue weighted by molar-refractivity contribution is 5.90. The largest absolute Gasteiger partial charge is 0.327 e. The Morgan fingerprint density at radius 1 is 1.58 bits per heavy atom. The van der Waals surface area contributed by atoms with Crippen molar-refractivity contribution < 1.29 is 4.79 Å². The molecule has 0 saturated heterocycles. The van der Waals surface area contributed by atoms with Gasteiger partial charge in [0.25, 0.3) is 0 Å². The molecule has 3 N–H and O–H groups in total. The summed E-state index contributed by atoms with van der Waals surface area (Å²) in [6.45, 7) is 5.15. The molecule has 0 aliphatic heterocycles. The van der Waals surface area contributed by atoms with Gasteiger partial charge in [0.05, 0.1) is 11.9 Å². The second-order valence-corrected chi connectivity index (χ2v) is 5.95. The summed E-state index contributed by atoms with van der Waals surface area (Å²) in [6, 6.07) is 0.189. The average Bonchev–Trinajstić information content (AvgIpc) is 2.89. The molecule has 5 nitrogen and oxygen atoms in total. The van der Waals surface area contributed by atoms with Gasteiger partial charge >= 0.3 is 0 Å². The molecule has 5 heteroatoms. The average molecular weight is 264 g/mol. The summed E-state index contributed by atoms with van der Waals surface area (Å²) in [7, 11) is 0. The van der Waals surface area contributed by atoms with E-state index in [0.29, 0.717) is 18.3 Å². The van der Waals surface area contributed by atoms with Crippen LogP contribution in [0.15, 0.2) is 12.4 Å². The molecule has 2 rings (SSSR count). The Balaban J connectivity index is 1.83. The zero-order valence-corrected chi connectivity index (χ0v) is 11.8. The topological polar surface area (TPSA) is 72.9 Å². The molecule has 0 bridgehead atoms. The minimum absolute atomic E-state index is 0.0476. The highest BCUT2D eigenvalue weighted by atomic mass is 16.1. The van der Waals surface area contributed by atoms with Crippen LogP contribution in [-0.2, 0) is 11.3 Å². The van der Waals surface area contributed by atoms with E-state index in [9.17, 15) is 4.79 Å². The van der Waals surface area contributed by atoms with E-state index in [-0.39, 0.29) is 11.9 Å². The van der Waals surface area contributed by atoms with Crippen molar-refractivity contribution in [3.05, 3.63) is 12.4 Å². The number of rotatable bonds is 5. The van der Waals surface area contributed by atoms with Gasteiger partial charge in [-0.3, -0.25) is 9.48 Å². The summed E-state index contributed by atoms with van der Waals surface area (Å²) in [5.41, 5.74) is 6.76. The number of anilines is 1. The minimum atomic E-state index is 0.0476. The number of nitrogens with one attached hydrogen (secondary N) is 1. The maximum Gasteiger partial charge on any atom is 0.224 e. The SMILES string of the molecule is CC(C)Cn1cc(NC(=O)C[C@@H]2CCC[C@H]2N)cn1. The van der Waals surface area contributed by atoms with E-state index in [0.717, 1.165) is 31.5 Å². The highest BCUT2D eigenvalue weighted by Crippen LogP contribution is 2.27. The molecular weight excluding hydrogens is 240 g/mol. The fourth-order valence-corrected chi connectivity index (χ4v) is 2.67. The van der Waals surface area contributed by atoms with Crippen LogP contribution in [-0.4, -0.2) is 21.7 Å². The molecule has 1 fully saturated rings. The predicted octanol–water partition coefficient (Wildman–Crippen LogP) is 2.00. The quantitative estimate of drug-likeness (QED) is 0.854. The first-order valence-corrected chi connectivity index (χ1v) is 7.12. The van der Waals surface area contributed by atoms with Gasteiger partial charge in [-0.05, 0) is 24.7 Å². The van der Waals surface area contributed by atoms with Crippen LogP contribution >= 0.6 is 0 Å². The lowest BCUT2D eigenvalue weighted by atomic mass is 10.00. The fourth-order valence-electron chi connectivity index (χ4n) is 2.67. The molecule has 2 atom stereocenters. The molecule has 19 heavy (non-hydrogen) atoms. The van der Waals surface area contributed by atoms with Crippen molar-refractivity contribution in [1.29, 1.82) is 0 Å². The molecule has 1 aliphatic rings. The first kappa shape index (κ1) is 14.1. The van der Waals surface area contributed by atoms with Gasteiger partial charge in [0, 0.05) is 25.2 Å². The van der Waals surface area contributed by atoms with Crippen LogP contribution in [0.25, 0.3) is 0 Å². The van der Waals surface area contributed by atoms with E-state index in [2.05, 4.69) is 24.3 Å². The Bertz CT molecular complexity index is 427. The maximum absolute atomic E-state index is 11.9. The van der Waals surface area contributed by atoms with Crippen LogP contribution in [0.2, 0.25) is 0 Å². The summed E-state index contributed by atoms with van der Waals surface area (Å²) in [5.74, 6) is 0.928. The summed E-state index contributed by atoms with van der Waals surface area (Å²) in [6.07, 6.45) is 7.37. The van der Waals surface area contributed by atoms with E-state index in [1.54, 1.807) is 6.20 Å². The molecule has 0 aromatic carbocycles. The third kappa shape index (κ3) is 4.06. The Hall–Kier alpha value is -1.36. The zero-order valence-electron chi connectivity index (χ0n) is 11.8. The Morgan fingerprint density at radius 3 is 3.00 bits per heavy atom. The summed E-state index contributed by atoms with van der Waals surface area (Å²) in [4.78, 5) is 11.9. The summed E-state index contributed by atoms with van der Waals surface area (Å²) >= 11 is 0. The smallest absolute Gasteiger partial charge is 0.224 e. The first-order valence-electron chi connectivity index (χ1n) is 7.12. The number of aromatic nitrogens is 2. The monoisotopic (exact) mass is 264 g/mol. The molecule has 1 saturated carbocycles. The van der Waals surface area contributed by atoms with Crippen LogP contribution in [0.5, 0.6) is 0 Å². The van der Waals surface area contributed by atoms with Crippen molar-refractivity contribution in [3.63, 3.8) is 0 Å².